The molecule has 0 spiro atoms. The summed E-state index contributed by atoms with van der Waals surface area (Å²) in [5.74, 6) is 0.879. The molecule has 3 rings (SSSR count). The molecule has 2 aromatic rings. The van der Waals surface area contributed by atoms with Gasteiger partial charge in [0, 0.05) is 13.5 Å². The topological polar surface area (TPSA) is 54.5 Å². The minimum Gasteiger partial charge on any atom is -0.253 e. The Labute approximate surface area is 106 Å². The molecule has 0 unspecified atom stereocenters. The highest BCUT2D eigenvalue weighted by atomic mass is 15.3. The molecule has 4 nitrogen and oxygen atoms in total. The third-order valence-corrected chi connectivity index (χ3v) is 3.71. The second-order valence-electron chi connectivity index (χ2n) is 4.99. The zero-order valence-electron chi connectivity index (χ0n) is 10.3. The van der Waals surface area contributed by atoms with E-state index in [0.717, 1.165) is 18.7 Å². The Hall–Kier alpha value is -2.15. The number of hydrogen-bond acceptors (Lipinski definition) is 3. The minimum atomic E-state index is -0.357. The Bertz CT molecular complexity index is 596. The SMILES string of the molecule is Cn1ncnc1CC1(C#N)Cc2ccccc2C1. The van der Waals surface area contributed by atoms with E-state index in [1.165, 1.54) is 11.1 Å². The van der Waals surface area contributed by atoms with E-state index < -0.39 is 0 Å². The average Bonchev–Trinajstić information content (AvgIpc) is 2.94. The van der Waals surface area contributed by atoms with Crippen LogP contribution in [0, 0.1) is 16.7 Å². The first-order chi connectivity index (χ1) is 8.72. The van der Waals surface area contributed by atoms with Gasteiger partial charge in [0.2, 0.25) is 0 Å². The summed E-state index contributed by atoms with van der Waals surface area (Å²) in [5, 5.41) is 13.6. The van der Waals surface area contributed by atoms with E-state index in [-0.39, 0.29) is 5.41 Å². The van der Waals surface area contributed by atoms with Crippen molar-refractivity contribution < 1.29 is 0 Å². The molecule has 0 atom stereocenters. The zero-order chi connectivity index (χ0) is 12.6. The smallest absolute Gasteiger partial charge is 0.138 e. The predicted molar refractivity (Wildman–Crippen MR) is 66.6 cm³/mol. The Morgan fingerprint density at radius 3 is 2.50 bits per heavy atom. The zero-order valence-corrected chi connectivity index (χ0v) is 10.3. The fourth-order valence-electron chi connectivity index (χ4n) is 2.72. The van der Waals surface area contributed by atoms with Crippen LogP contribution >= 0.6 is 0 Å². The quantitative estimate of drug-likeness (QED) is 0.799. The lowest BCUT2D eigenvalue weighted by Gasteiger charge is -2.19. The number of benzene rings is 1. The van der Waals surface area contributed by atoms with E-state index in [1.54, 1.807) is 11.0 Å². The molecule has 0 amide bonds. The van der Waals surface area contributed by atoms with E-state index in [1.807, 2.05) is 19.2 Å². The Balaban J connectivity index is 1.92. The van der Waals surface area contributed by atoms with Crippen molar-refractivity contribution in [1.82, 2.24) is 14.8 Å². The normalized spacial score (nSPS) is 16.2. The number of aryl methyl sites for hydroxylation is 1. The minimum absolute atomic E-state index is 0.357. The fourth-order valence-corrected chi connectivity index (χ4v) is 2.72. The van der Waals surface area contributed by atoms with Crippen LogP contribution in [0.1, 0.15) is 17.0 Å². The summed E-state index contributed by atoms with van der Waals surface area (Å²) < 4.78 is 1.75. The van der Waals surface area contributed by atoms with Gasteiger partial charge in [-0.1, -0.05) is 24.3 Å². The number of nitriles is 1. The van der Waals surface area contributed by atoms with Crippen LogP contribution in [0.5, 0.6) is 0 Å². The maximum Gasteiger partial charge on any atom is 0.138 e. The molecule has 4 heteroatoms. The van der Waals surface area contributed by atoms with Gasteiger partial charge in [-0.15, -0.1) is 0 Å². The monoisotopic (exact) mass is 238 g/mol. The van der Waals surface area contributed by atoms with Crippen LogP contribution in [0.3, 0.4) is 0 Å². The summed E-state index contributed by atoms with van der Waals surface area (Å²) >= 11 is 0. The van der Waals surface area contributed by atoms with Crippen molar-refractivity contribution in [2.75, 3.05) is 0 Å². The number of aromatic nitrogens is 3. The van der Waals surface area contributed by atoms with Gasteiger partial charge >= 0.3 is 0 Å². The lowest BCUT2D eigenvalue weighted by atomic mass is 9.83. The van der Waals surface area contributed by atoms with Crippen molar-refractivity contribution in [3.63, 3.8) is 0 Å². The van der Waals surface area contributed by atoms with Crippen LogP contribution in [0.15, 0.2) is 30.6 Å². The molecule has 1 aromatic heterocycles. The number of hydrogen-bond donors (Lipinski definition) is 0. The van der Waals surface area contributed by atoms with Crippen LogP contribution in [0.2, 0.25) is 0 Å². The number of nitrogens with zero attached hydrogens (tertiary/aromatic N) is 4. The standard InChI is InChI=1S/C14H14N4/c1-18-13(16-10-17-18)8-14(9-15)6-11-4-2-3-5-12(11)7-14/h2-5,10H,6-8H2,1H3. The predicted octanol–water partition coefficient (Wildman–Crippen LogP) is 1.67. The molecule has 0 radical (unpaired) electrons. The number of rotatable bonds is 2. The average molecular weight is 238 g/mol. The van der Waals surface area contributed by atoms with Crippen LogP contribution in [0.4, 0.5) is 0 Å². The molecular formula is C14H14N4. The summed E-state index contributed by atoms with van der Waals surface area (Å²) in [4.78, 5) is 4.24. The first-order valence-corrected chi connectivity index (χ1v) is 6.03. The van der Waals surface area contributed by atoms with Crippen LogP contribution < -0.4 is 0 Å². The fraction of sp³-hybridized carbons (Fsp3) is 0.357. The highest BCUT2D eigenvalue weighted by Gasteiger charge is 2.38. The Morgan fingerprint density at radius 2 is 2.00 bits per heavy atom. The first kappa shape index (κ1) is 11.0. The summed E-state index contributed by atoms with van der Waals surface area (Å²) in [5.41, 5.74) is 2.23. The molecular weight excluding hydrogens is 224 g/mol. The van der Waals surface area contributed by atoms with Gasteiger partial charge in [-0.3, -0.25) is 4.68 Å². The van der Waals surface area contributed by atoms with Gasteiger partial charge in [0.15, 0.2) is 0 Å². The van der Waals surface area contributed by atoms with Crippen LogP contribution in [-0.2, 0) is 26.3 Å². The van der Waals surface area contributed by atoms with Crippen molar-refractivity contribution in [3.8, 4) is 6.07 Å². The molecule has 1 aliphatic rings. The molecule has 0 saturated heterocycles. The van der Waals surface area contributed by atoms with Crippen LogP contribution in [0.25, 0.3) is 0 Å². The Morgan fingerprint density at radius 1 is 1.33 bits per heavy atom. The van der Waals surface area contributed by atoms with Gasteiger partial charge < -0.3 is 0 Å². The summed E-state index contributed by atoms with van der Waals surface area (Å²) in [6.45, 7) is 0. The molecule has 0 bridgehead atoms. The Kier molecular flexibility index (Phi) is 2.41. The molecule has 90 valence electrons. The van der Waals surface area contributed by atoms with E-state index in [4.69, 9.17) is 0 Å². The molecule has 18 heavy (non-hydrogen) atoms. The summed E-state index contributed by atoms with van der Waals surface area (Å²) in [6.07, 6.45) is 3.83. The van der Waals surface area contributed by atoms with Crippen molar-refractivity contribution in [1.29, 1.82) is 5.26 Å². The highest BCUT2D eigenvalue weighted by molar-refractivity contribution is 5.37. The maximum atomic E-state index is 9.57. The van der Waals surface area contributed by atoms with Gasteiger partial charge in [0.25, 0.3) is 0 Å². The van der Waals surface area contributed by atoms with Crippen molar-refractivity contribution >= 4 is 0 Å². The van der Waals surface area contributed by atoms with Crippen molar-refractivity contribution in [2.45, 2.75) is 19.3 Å². The van der Waals surface area contributed by atoms with E-state index in [2.05, 4.69) is 28.3 Å². The lowest BCUT2D eigenvalue weighted by molar-refractivity contribution is 0.400. The number of fused-ring (bicyclic) bond motifs is 1. The molecule has 1 heterocycles. The van der Waals surface area contributed by atoms with Gasteiger partial charge in [-0.2, -0.15) is 10.4 Å². The van der Waals surface area contributed by atoms with E-state index >= 15 is 0 Å². The highest BCUT2D eigenvalue weighted by Crippen LogP contribution is 2.38. The second kappa shape index (κ2) is 3.95. The molecule has 1 aromatic carbocycles. The molecule has 0 fully saturated rings. The van der Waals surface area contributed by atoms with Gasteiger partial charge in [0.1, 0.15) is 12.2 Å². The van der Waals surface area contributed by atoms with Gasteiger partial charge in [-0.05, 0) is 24.0 Å². The molecule has 1 aliphatic carbocycles. The first-order valence-electron chi connectivity index (χ1n) is 6.03. The third kappa shape index (κ3) is 1.68. The van der Waals surface area contributed by atoms with E-state index in [0.29, 0.717) is 6.42 Å². The van der Waals surface area contributed by atoms with Crippen molar-refractivity contribution in [3.05, 3.63) is 47.5 Å². The van der Waals surface area contributed by atoms with Gasteiger partial charge in [-0.25, -0.2) is 4.98 Å². The van der Waals surface area contributed by atoms with E-state index in [9.17, 15) is 5.26 Å². The van der Waals surface area contributed by atoms with Crippen molar-refractivity contribution in [2.24, 2.45) is 12.5 Å². The third-order valence-electron chi connectivity index (χ3n) is 3.71. The largest absolute Gasteiger partial charge is 0.253 e. The molecule has 0 N–H and O–H groups in total. The maximum absolute atomic E-state index is 9.57. The van der Waals surface area contributed by atoms with Crippen LogP contribution in [-0.4, -0.2) is 14.8 Å². The van der Waals surface area contributed by atoms with Gasteiger partial charge in [0.05, 0.1) is 11.5 Å². The molecule has 0 aliphatic heterocycles. The second-order valence-corrected chi connectivity index (χ2v) is 4.99. The lowest BCUT2D eigenvalue weighted by Crippen LogP contribution is -2.24. The summed E-state index contributed by atoms with van der Waals surface area (Å²) in [7, 11) is 1.87. The summed E-state index contributed by atoms with van der Waals surface area (Å²) in [6, 6.07) is 10.8. The molecule has 0 saturated carbocycles.